The molecule has 1 aromatic rings. The Labute approximate surface area is 151 Å². The number of ether oxygens (including phenoxy) is 2. The van der Waals surface area contributed by atoms with Gasteiger partial charge in [0.1, 0.15) is 0 Å². The van der Waals surface area contributed by atoms with Gasteiger partial charge in [-0.15, -0.1) is 0 Å². The molecule has 1 aliphatic rings. The Morgan fingerprint density at radius 2 is 2.12 bits per heavy atom. The lowest BCUT2D eigenvalue weighted by atomic mass is 9.94. The number of methoxy groups -OCH3 is 1. The Kier molecular flexibility index (Phi) is 6.19. The normalized spacial score (nSPS) is 24.6. The quantitative estimate of drug-likeness (QED) is 0.451. The summed E-state index contributed by atoms with van der Waals surface area (Å²) in [5.74, 6) is -0.430. The molecule has 1 aliphatic heterocycles. The number of nitrogens with zero attached hydrogens (tertiary/aromatic N) is 1. The molecule has 0 bridgehead atoms. The van der Waals surface area contributed by atoms with Crippen LogP contribution in [-0.4, -0.2) is 39.1 Å². The van der Waals surface area contributed by atoms with E-state index < -0.39 is 8.32 Å². The molecule has 0 spiro atoms. The van der Waals surface area contributed by atoms with Crippen LogP contribution in [0.25, 0.3) is 0 Å². The number of pyridine rings is 1. The summed E-state index contributed by atoms with van der Waals surface area (Å²) in [6.45, 7) is 11.6. The number of hydrogen-bond acceptors (Lipinski definition) is 5. The summed E-state index contributed by atoms with van der Waals surface area (Å²) in [6.07, 6.45) is 6.59. The number of rotatable bonds is 5. The van der Waals surface area contributed by atoms with Crippen molar-refractivity contribution in [2.75, 3.05) is 13.7 Å². The molecule has 0 aliphatic carbocycles. The maximum atomic E-state index is 11.6. The van der Waals surface area contributed by atoms with Crippen LogP contribution in [0.2, 0.25) is 18.1 Å². The standard InChI is InChI=1S/C19H29NO4Si/c1-19(2,3)25(5,6)24-16-13-23-18(14-8-7-11-20-12-14)15(16)9-10-17(21)22-4/h7-12,15-16,18H,13H2,1-6H3/b10-9+/t15-,16-,18-/m1/s1. The van der Waals surface area contributed by atoms with E-state index >= 15 is 0 Å². The molecule has 2 heterocycles. The van der Waals surface area contributed by atoms with Gasteiger partial charge in [0.25, 0.3) is 0 Å². The molecular formula is C19H29NO4Si. The molecule has 3 atom stereocenters. The number of hydrogen-bond donors (Lipinski definition) is 0. The van der Waals surface area contributed by atoms with Crippen molar-refractivity contribution >= 4 is 14.3 Å². The molecule has 5 nitrogen and oxygen atoms in total. The van der Waals surface area contributed by atoms with E-state index in [0.29, 0.717) is 6.61 Å². The summed E-state index contributed by atoms with van der Waals surface area (Å²) in [5, 5.41) is 0.107. The summed E-state index contributed by atoms with van der Waals surface area (Å²) in [7, 11) is -0.577. The van der Waals surface area contributed by atoms with Crippen LogP contribution in [0.1, 0.15) is 32.4 Å². The molecule has 0 N–H and O–H groups in total. The minimum absolute atomic E-state index is 0.0579. The zero-order valence-electron chi connectivity index (χ0n) is 16.0. The molecule has 0 saturated carbocycles. The Morgan fingerprint density at radius 1 is 1.40 bits per heavy atom. The lowest BCUT2D eigenvalue weighted by Crippen LogP contribution is -2.45. The molecule has 0 unspecified atom stereocenters. The van der Waals surface area contributed by atoms with Gasteiger partial charge in [-0.1, -0.05) is 32.9 Å². The van der Waals surface area contributed by atoms with Crippen LogP contribution in [0.15, 0.2) is 36.7 Å². The molecule has 0 aromatic carbocycles. The van der Waals surface area contributed by atoms with Gasteiger partial charge < -0.3 is 13.9 Å². The fourth-order valence-corrected chi connectivity index (χ4v) is 3.96. The second-order valence-corrected chi connectivity index (χ2v) is 12.7. The van der Waals surface area contributed by atoms with E-state index in [1.54, 1.807) is 12.4 Å². The van der Waals surface area contributed by atoms with Crippen molar-refractivity contribution in [3.63, 3.8) is 0 Å². The van der Waals surface area contributed by atoms with Gasteiger partial charge in [0.15, 0.2) is 8.32 Å². The highest BCUT2D eigenvalue weighted by Gasteiger charge is 2.45. The van der Waals surface area contributed by atoms with Crippen LogP contribution >= 0.6 is 0 Å². The number of carbonyl (C=O) groups is 1. The Hall–Kier alpha value is -1.50. The predicted molar refractivity (Wildman–Crippen MR) is 99.6 cm³/mol. The third kappa shape index (κ3) is 4.77. The van der Waals surface area contributed by atoms with Crippen molar-refractivity contribution in [2.45, 2.75) is 51.1 Å². The largest absolute Gasteiger partial charge is 0.466 e. The molecule has 2 rings (SSSR count). The Balaban J connectivity index is 2.26. The van der Waals surface area contributed by atoms with Gasteiger partial charge >= 0.3 is 5.97 Å². The first kappa shape index (κ1) is 19.8. The van der Waals surface area contributed by atoms with Crippen molar-refractivity contribution in [1.82, 2.24) is 4.98 Å². The monoisotopic (exact) mass is 363 g/mol. The van der Waals surface area contributed by atoms with Crippen LogP contribution in [0.4, 0.5) is 0 Å². The highest BCUT2D eigenvalue weighted by Crippen LogP contribution is 2.43. The molecule has 0 radical (unpaired) electrons. The summed E-state index contributed by atoms with van der Waals surface area (Å²) >= 11 is 0. The maximum Gasteiger partial charge on any atom is 0.330 e. The number of aromatic nitrogens is 1. The van der Waals surface area contributed by atoms with Crippen molar-refractivity contribution in [1.29, 1.82) is 0 Å². The zero-order valence-corrected chi connectivity index (χ0v) is 17.0. The predicted octanol–water partition coefficient (Wildman–Crippen LogP) is 3.89. The molecule has 1 saturated heterocycles. The van der Waals surface area contributed by atoms with Crippen LogP contribution in [-0.2, 0) is 18.7 Å². The Bertz CT molecular complexity index is 610. The second kappa shape index (κ2) is 7.80. The van der Waals surface area contributed by atoms with E-state index in [-0.39, 0.29) is 29.1 Å². The van der Waals surface area contributed by atoms with Gasteiger partial charge in [-0.3, -0.25) is 4.98 Å². The maximum absolute atomic E-state index is 11.6. The lowest BCUT2D eigenvalue weighted by Gasteiger charge is -2.39. The van der Waals surface area contributed by atoms with E-state index in [1.807, 2.05) is 18.2 Å². The van der Waals surface area contributed by atoms with E-state index in [1.165, 1.54) is 13.2 Å². The first-order chi connectivity index (χ1) is 11.7. The molecule has 25 heavy (non-hydrogen) atoms. The van der Waals surface area contributed by atoms with E-state index in [0.717, 1.165) is 5.56 Å². The van der Waals surface area contributed by atoms with E-state index in [9.17, 15) is 4.79 Å². The zero-order chi connectivity index (χ0) is 18.7. The summed E-state index contributed by atoms with van der Waals surface area (Å²) in [6, 6.07) is 3.88. The lowest BCUT2D eigenvalue weighted by molar-refractivity contribution is -0.134. The van der Waals surface area contributed by atoms with Crippen LogP contribution in [0.3, 0.4) is 0 Å². The van der Waals surface area contributed by atoms with Gasteiger partial charge in [0, 0.05) is 24.4 Å². The first-order valence-corrected chi connectivity index (χ1v) is 11.5. The van der Waals surface area contributed by atoms with Crippen molar-refractivity contribution < 1.29 is 18.7 Å². The minimum atomic E-state index is -1.95. The van der Waals surface area contributed by atoms with E-state index in [2.05, 4.69) is 38.8 Å². The Morgan fingerprint density at radius 3 is 2.68 bits per heavy atom. The van der Waals surface area contributed by atoms with E-state index in [4.69, 9.17) is 13.9 Å². The smallest absolute Gasteiger partial charge is 0.330 e. The SMILES string of the molecule is COC(=O)/C=C/[C@H]1[C@@H](c2cccnc2)OC[C@H]1O[Si](C)(C)C(C)(C)C. The average molecular weight is 364 g/mol. The van der Waals surface area contributed by atoms with Crippen LogP contribution in [0.5, 0.6) is 0 Å². The minimum Gasteiger partial charge on any atom is -0.466 e. The fraction of sp³-hybridized carbons (Fsp3) is 0.579. The highest BCUT2D eigenvalue weighted by molar-refractivity contribution is 6.74. The van der Waals surface area contributed by atoms with Crippen molar-refractivity contribution in [3.05, 3.63) is 42.2 Å². The fourth-order valence-electron chi connectivity index (χ4n) is 2.63. The molecular weight excluding hydrogens is 334 g/mol. The second-order valence-electron chi connectivity index (χ2n) is 7.92. The third-order valence-electron chi connectivity index (χ3n) is 5.14. The summed E-state index contributed by atoms with van der Waals surface area (Å²) in [5.41, 5.74) is 0.989. The van der Waals surface area contributed by atoms with Gasteiger partial charge in [0.05, 0.1) is 25.9 Å². The van der Waals surface area contributed by atoms with Crippen molar-refractivity contribution in [3.8, 4) is 0 Å². The first-order valence-electron chi connectivity index (χ1n) is 8.61. The molecule has 0 amide bonds. The van der Waals surface area contributed by atoms with Crippen LogP contribution < -0.4 is 0 Å². The summed E-state index contributed by atoms with van der Waals surface area (Å²) < 4.78 is 17.4. The number of carbonyl (C=O) groups excluding carboxylic acids is 1. The van der Waals surface area contributed by atoms with Crippen molar-refractivity contribution in [2.24, 2.45) is 5.92 Å². The number of esters is 1. The topological polar surface area (TPSA) is 57.7 Å². The molecule has 1 aromatic heterocycles. The third-order valence-corrected chi connectivity index (χ3v) is 9.64. The van der Waals surface area contributed by atoms with Crippen LogP contribution in [0, 0.1) is 5.92 Å². The van der Waals surface area contributed by atoms with Gasteiger partial charge in [-0.25, -0.2) is 4.79 Å². The molecule has 1 fully saturated rings. The average Bonchev–Trinajstić information content (AvgIpc) is 2.94. The molecule has 6 heteroatoms. The van der Waals surface area contributed by atoms with Gasteiger partial charge in [-0.2, -0.15) is 0 Å². The highest BCUT2D eigenvalue weighted by atomic mass is 28.4. The van der Waals surface area contributed by atoms with Gasteiger partial charge in [-0.05, 0) is 29.8 Å². The van der Waals surface area contributed by atoms with Gasteiger partial charge in [0.2, 0.25) is 0 Å². The molecule has 138 valence electrons. The summed E-state index contributed by atoms with van der Waals surface area (Å²) in [4.78, 5) is 15.8.